The van der Waals surface area contributed by atoms with Gasteiger partial charge in [0, 0.05) is 18.9 Å². The standard InChI is InChI=1S/C16H20N2O4S/c1-16(2,3)22-15(19)18-11-13(10-17-18)9-12-5-7-14(8-6-12)23(4,20)21/h5-8,10-11H,9H2,1-4H3. The molecule has 0 unspecified atom stereocenters. The minimum atomic E-state index is -3.19. The Labute approximate surface area is 136 Å². The van der Waals surface area contributed by atoms with E-state index in [1.165, 1.54) is 6.26 Å². The molecule has 0 saturated carbocycles. The van der Waals surface area contributed by atoms with Crippen LogP contribution in [0.15, 0.2) is 41.6 Å². The van der Waals surface area contributed by atoms with Gasteiger partial charge in [-0.3, -0.25) is 0 Å². The van der Waals surface area contributed by atoms with Gasteiger partial charge >= 0.3 is 6.09 Å². The molecule has 0 saturated heterocycles. The molecular weight excluding hydrogens is 316 g/mol. The lowest BCUT2D eigenvalue weighted by Gasteiger charge is -2.18. The lowest BCUT2D eigenvalue weighted by Crippen LogP contribution is -2.27. The molecule has 1 heterocycles. The van der Waals surface area contributed by atoms with E-state index in [0.29, 0.717) is 6.42 Å². The molecule has 0 aliphatic carbocycles. The molecule has 6 nitrogen and oxygen atoms in total. The fraction of sp³-hybridized carbons (Fsp3) is 0.375. The molecule has 124 valence electrons. The van der Waals surface area contributed by atoms with Gasteiger partial charge in [0.05, 0.1) is 11.1 Å². The van der Waals surface area contributed by atoms with Gasteiger partial charge < -0.3 is 4.74 Å². The summed E-state index contributed by atoms with van der Waals surface area (Å²) in [6.45, 7) is 5.37. The van der Waals surface area contributed by atoms with Crippen LogP contribution in [-0.2, 0) is 21.0 Å². The van der Waals surface area contributed by atoms with E-state index in [-0.39, 0.29) is 4.90 Å². The molecule has 0 amide bonds. The third kappa shape index (κ3) is 4.92. The first kappa shape index (κ1) is 17.2. The lowest BCUT2D eigenvalue weighted by atomic mass is 10.1. The highest BCUT2D eigenvalue weighted by atomic mass is 32.2. The van der Waals surface area contributed by atoms with Crippen LogP contribution in [0.5, 0.6) is 0 Å². The predicted octanol–water partition coefficient (Wildman–Crippen LogP) is 2.66. The maximum atomic E-state index is 11.9. The highest BCUT2D eigenvalue weighted by molar-refractivity contribution is 7.90. The molecule has 0 spiro atoms. The van der Waals surface area contributed by atoms with Gasteiger partial charge in [-0.2, -0.15) is 9.78 Å². The number of hydrogen-bond donors (Lipinski definition) is 0. The molecular formula is C16H20N2O4S. The Morgan fingerprint density at radius 2 is 1.78 bits per heavy atom. The fourth-order valence-electron chi connectivity index (χ4n) is 1.95. The second-order valence-corrected chi connectivity index (χ2v) is 8.38. The summed E-state index contributed by atoms with van der Waals surface area (Å²) in [6.07, 6.45) is 4.39. The average Bonchev–Trinajstić information content (AvgIpc) is 2.85. The summed E-state index contributed by atoms with van der Waals surface area (Å²) in [5.41, 5.74) is 1.19. The van der Waals surface area contributed by atoms with Gasteiger partial charge in [-0.15, -0.1) is 0 Å². The molecule has 0 fully saturated rings. The number of ether oxygens (including phenoxy) is 1. The van der Waals surface area contributed by atoms with Crippen LogP contribution in [-0.4, -0.2) is 36.1 Å². The molecule has 2 rings (SSSR count). The van der Waals surface area contributed by atoms with Crippen LogP contribution in [0.25, 0.3) is 0 Å². The topological polar surface area (TPSA) is 78.3 Å². The van der Waals surface area contributed by atoms with Crippen molar-refractivity contribution in [3.63, 3.8) is 0 Å². The molecule has 0 radical (unpaired) electrons. The van der Waals surface area contributed by atoms with Crippen LogP contribution in [0.1, 0.15) is 31.9 Å². The zero-order valence-electron chi connectivity index (χ0n) is 13.6. The Morgan fingerprint density at radius 3 is 2.30 bits per heavy atom. The average molecular weight is 336 g/mol. The smallest absolute Gasteiger partial charge is 0.435 e. The van der Waals surface area contributed by atoms with Crippen LogP contribution in [0.2, 0.25) is 0 Å². The molecule has 0 aliphatic heterocycles. The Hall–Kier alpha value is -2.15. The first-order valence-electron chi connectivity index (χ1n) is 7.10. The number of benzene rings is 1. The number of rotatable bonds is 3. The number of carbonyl (C=O) groups is 1. The monoisotopic (exact) mass is 336 g/mol. The van der Waals surface area contributed by atoms with Crippen molar-refractivity contribution in [1.29, 1.82) is 0 Å². The Bertz CT molecular complexity index is 799. The molecule has 0 aliphatic rings. The van der Waals surface area contributed by atoms with E-state index < -0.39 is 21.5 Å². The molecule has 7 heteroatoms. The maximum absolute atomic E-state index is 11.9. The predicted molar refractivity (Wildman–Crippen MR) is 86.2 cm³/mol. The van der Waals surface area contributed by atoms with Gasteiger partial charge in [-0.1, -0.05) is 12.1 Å². The molecule has 0 bridgehead atoms. The van der Waals surface area contributed by atoms with E-state index in [9.17, 15) is 13.2 Å². The summed E-state index contributed by atoms with van der Waals surface area (Å²) in [5.74, 6) is 0. The molecule has 1 aromatic carbocycles. The third-order valence-corrected chi connectivity index (χ3v) is 4.10. The van der Waals surface area contributed by atoms with Crippen molar-refractivity contribution < 1.29 is 17.9 Å². The number of hydrogen-bond acceptors (Lipinski definition) is 5. The minimum Gasteiger partial charge on any atom is -0.442 e. The molecule has 1 aromatic heterocycles. The van der Waals surface area contributed by atoms with E-state index in [2.05, 4.69) is 5.10 Å². The number of aromatic nitrogens is 2. The van der Waals surface area contributed by atoms with Crippen LogP contribution >= 0.6 is 0 Å². The zero-order chi connectivity index (χ0) is 17.3. The van der Waals surface area contributed by atoms with E-state index >= 15 is 0 Å². The molecule has 2 aromatic rings. The van der Waals surface area contributed by atoms with E-state index in [4.69, 9.17) is 4.74 Å². The van der Waals surface area contributed by atoms with Crippen molar-refractivity contribution in [2.24, 2.45) is 0 Å². The number of carbonyl (C=O) groups excluding carboxylic acids is 1. The van der Waals surface area contributed by atoms with Crippen molar-refractivity contribution in [3.05, 3.63) is 47.8 Å². The van der Waals surface area contributed by atoms with Crippen molar-refractivity contribution in [2.45, 2.75) is 37.7 Å². The summed E-state index contributed by atoms with van der Waals surface area (Å²) < 4.78 is 29.3. The second-order valence-electron chi connectivity index (χ2n) is 6.37. The van der Waals surface area contributed by atoms with E-state index in [1.54, 1.807) is 57.4 Å². The van der Waals surface area contributed by atoms with Crippen molar-refractivity contribution in [3.8, 4) is 0 Å². The van der Waals surface area contributed by atoms with Crippen LogP contribution in [0.3, 0.4) is 0 Å². The molecule has 0 N–H and O–H groups in total. The highest BCUT2D eigenvalue weighted by Crippen LogP contribution is 2.14. The van der Waals surface area contributed by atoms with Gasteiger partial charge in [0.25, 0.3) is 0 Å². The van der Waals surface area contributed by atoms with Crippen molar-refractivity contribution in [2.75, 3.05) is 6.26 Å². The quantitative estimate of drug-likeness (QED) is 0.861. The van der Waals surface area contributed by atoms with Gasteiger partial charge in [-0.25, -0.2) is 13.2 Å². The SMILES string of the molecule is CC(C)(C)OC(=O)n1cc(Cc2ccc(S(C)(=O)=O)cc2)cn1. The first-order chi connectivity index (χ1) is 10.5. The number of sulfone groups is 1. The summed E-state index contributed by atoms with van der Waals surface area (Å²) in [6, 6.07) is 6.65. The minimum absolute atomic E-state index is 0.283. The summed E-state index contributed by atoms with van der Waals surface area (Å²) in [4.78, 5) is 12.2. The largest absolute Gasteiger partial charge is 0.442 e. The first-order valence-corrected chi connectivity index (χ1v) is 9.00. The van der Waals surface area contributed by atoms with Crippen molar-refractivity contribution >= 4 is 15.9 Å². The van der Waals surface area contributed by atoms with Gasteiger partial charge in [0.1, 0.15) is 5.60 Å². The molecule has 23 heavy (non-hydrogen) atoms. The zero-order valence-corrected chi connectivity index (χ0v) is 14.4. The van der Waals surface area contributed by atoms with Crippen LogP contribution < -0.4 is 0 Å². The Morgan fingerprint density at radius 1 is 1.17 bits per heavy atom. The normalized spacial score (nSPS) is 12.2. The third-order valence-electron chi connectivity index (χ3n) is 2.98. The van der Waals surface area contributed by atoms with Crippen LogP contribution in [0.4, 0.5) is 4.79 Å². The summed E-state index contributed by atoms with van der Waals surface area (Å²) in [7, 11) is -3.19. The molecule has 0 atom stereocenters. The van der Waals surface area contributed by atoms with Crippen molar-refractivity contribution in [1.82, 2.24) is 9.78 Å². The Balaban J connectivity index is 2.09. The number of nitrogens with zero attached hydrogens (tertiary/aromatic N) is 2. The second kappa shape index (κ2) is 6.16. The summed E-state index contributed by atoms with van der Waals surface area (Å²) >= 11 is 0. The van der Waals surface area contributed by atoms with E-state index in [0.717, 1.165) is 15.8 Å². The Kier molecular flexibility index (Phi) is 4.61. The maximum Gasteiger partial charge on any atom is 0.435 e. The van der Waals surface area contributed by atoms with Gasteiger partial charge in [0.2, 0.25) is 0 Å². The van der Waals surface area contributed by atoms with Gasteiger partial charge in [-0.05, 0) is 44.0 Å². The van der Waals surface area contributed by atoms with Gasteiger partial charge in [0.15, 0.2) is 9.84 Å². The highest BCUT2D eigenvalue weighted by Gasteiger charge is 2.18. The fourth-order valence-corrected chi connectivity index (χ4v) is 2.58. The summed E-state index contributed by atoms with van der Waals surface area (Å²) in [5, 5.41) is 4.00. The van der Waals surface area contributed by atoms with Crippen LogP contribution in [0, 0.1) is 0 Å². The van der Waals surface area contributed by atoms with E-state index in [1.807, 2.05) is 0 Å². The lowest BCUT2D eigenvalue weighted by molar-refractivity contribution is 0.0514.